The Hall–Kier alpha value is -3.32. The molecular weight excluding hydrogens is 410 g/mol. The predicted octanol–water partition coefficient (Wildman–Crippen LogP) is 3.46. The number of imidazole rings is 1. The van der Waals surface area contributed by atoms with E-state index in [2.05, 4.69) is 72.3 Å². The molecule has 0 aromatic carbocycles. The molecule has 5 heterocycles. The van der Waals surface area contributed by atoms with Crippen molar-refractivity contribution in [2.45, 2.75) is 39.2 Å². The van der Waals surface area contributed by atoms with Crippen LogP contribution in [0.4, 0.5) is 5.82 Å². The summed E-state index contributed by atoms with van der Waals surface area (Å²) in [4.78, 5) is 23.8. The molecule has 0 N–H and O–H groups in total. The first-order valence-electron chi connectivity index (χ1n) is 11.6. The molecule has 33 heavy (non-hydrogen) atoms. The highest BCUT2D eigenvalue weighted by molar-refractivity contribution is 5.45. The van der Waals surface area contributed by atoms with E-state index in [4.69, 9.17) is 15.0 Å². The number of hydrogen-bond acceptors (Lipinski definition) is 6. The Morgan fingerprint density at radius 3 is 2.61 bits per heavy atom. The van der Waals surface area contributed by atoms with Gasteiger partial charge in [0.15, 0.2) is 0 Å². The van der Waals surface area contributed by atoms with Crippen LogP contribution >= 0.6 is 0 Å². The number of aryl methyl sites for hydroxylation is 2. The van der Waals surface area contributed by atoms with Crippen molar-refractivity contribution in [2.24, 2.45) is 0 Å². The van der Waals surface area contributed by atoms with Gasteiger partial charge in [0.1, 0.15) is 17.3 Å². The lowest BCUT2D eigenvalue weighted by molar-refractivity contribution is 0.315. The molecule has 0 radical (unpaired) electrons. The van der Waals surface area contributed by atoms with Crippen LogP contribution in [0.3, 0.4) is 0 Å². The van der Waals surface area contributed by atoms with E-state index < -0.39 is 0 Å². The fraction of sp³-hybridized carbons (Fsp3) is 0.385. The van der Waals surface area contributed by atoms with Gasteiger partial charge in [0.25, 0.3) is 0 Å². The minimum Gasteiger partial charge on any atom is -0.355 e. The molecule has 4 aromatic rings. The zero-order chi connectivity index (χ0) is 22.9. The number of aromatic nitrogens is 5. The largest absolute Gasteiger partial charge is 0.355 e. The van der Waals surface area contributed by atoms with Crippen molar-refractivity contribution in [3.05, 3.63) is 83.0 Å². The van der Waals surface area contributed by atoms with Crippen molar-refractivity contribution in [3.8, 4) is 0 Å². The molecule has 170 valence electrons. The lowest BCUT2D eigenvalue weighted by Gasteiger charge is -2.22. The number of fused-ring (bicyclic) bond motifs is 1. The zero-order valence-electron chi connectivity index (χ0n) is 19.9. The van der Waals surface area contributed by atoms with Crippen LogP contribution in [0.5, 0.6) is 0 Å². The van der Waals surface area contributed by atoms with E-state index in [1.54, 1.807) is 0 Å². The SMILES string of the molecule is Cc1cc(C)nc(Cc2nc(Cc3ccn4ccnc4c3)cc(N3CCC(N(C)C)C3)n2)c1. The third-order valence-corrected chi connectivity index (χ3v) is 6.37. The Bertz CT molecular complexity index is 1260. The Morgan fingerprint density at radius 1 is 0.970 bits per heavy atom. The molecule has 5 rings (SSSR count). The second-order valence-electron chi connectivity index (χ2n) is 9.34. The molecule has 7 heteroatoms. The molecule has 1 fully saturated rings. The highest BCUT2D eigenvalue weighted by Crippen LogP contribution is 2.23. The van der Waals surface area contributed by atoms with Crippen molar-refractivity contribution in [2.75, 3.05) is 32.1 Å². The maximum Gasteiger partial charge on any atom is 0.136 e. The number of hydrogen-bond donors (Lipinski definition) is 0. The molecule has 7 nitrogen and oxygen atoms in total. The van der Waals surface area contributed by atoms with Crippen molar-refractivity contribution in [1.82, 2.24) is 29.2 Å². The molecule has 1 unspecified atom stereocenters. The van der Waals surface area contributed by atoms with Gasteiger partial charge >= 0.3 is 0 Å². The Morgan fingerprint density at radius 2 is 1.82 bits per heavy atom. The average Bonchev–Trinajstić information content (AvgIpc) is 3.42. The fourth-order valence-corrected chi connectivity index (χ4v) is 4.69. The number of rotatable bonds is 6. The van der Waals surface area contributed by atoms with Crippen LogP contribution in [0.1, 0.15) is 40.5 Å². The Labute approximate surface area is 195 Å². The number of likely N-dealkylation sites (N-methyl/N-ethyl adjacent to an activating group) is 1. The van der Waals surface area contributed by atoms with E-state index in [0.717, 1.165) is 60.3 Å². The second-order valence-corrected chi connectivity index (χ2v) is 9.34. The molecule has 0 spiro atoms. The van der Waals surface area contributed by atoms with Crippen molar-refractivity contribution in [1.29, 1.82) is 0 Å². The van der Waals surface area contributed by atoms with Gasteiger partial charge in [0, 0.05) is 61.6 Å². The van der Waals surface area contributed by atoms with Crippen LogP contribution in [-0.4, -0.2) is 62.5 Å². The van der Waals surface area contributed by atoms with Crippen molar-refractivity contribution >= 4 is 11.5 Å². The third kappa shape index (κ3) is 4.88. The van der Waals surface area contributed by atoms with Crippen LogP contribution in [-0.2, 0) is 12.8 Å². The summed E-state index contributed by atoms with van der Waals surface area (Å²) in [6.45, 7) is 6.15. The molecule has 1 atom stereocenters. The Kier molecular flexibility index (Phi) is 5.81. The summed E-state index contributed by atoms with van der Waals surface area (Å²) in [7, 11) is 4.31. The molecule has 0 amide bonds. The molecule has 0 bridgehead atoms. The molecular formula is C26H31N7. The van der Waals surface area contributed by atoms with Crippen molar-refractivity contribution in [3.63, 3.8) is 0 Å². The average molecular weight is 442 g/mol. The minimum absolute atomic E-state index is 0.552. The van der Waals surface area contributed by atoms with E-state index in [1.807, 2.05) is 23.7 Å². The van der Waals surface area contributed by atoms with Crippen LogP contribution in [0.2, 0.25) is 0 Å². The lowest BCUT2D eigenvalue weighted by Crippen LogP contribution is -2.32. The summed E-state index contributed by atoms with van der Waals surface area (Å²) in [6, 6.07) is 11.2. The molecule has 1 aliphatic heterocycles. The summed E-state index contributed by atoms with van der Waals surface area (Å²) in [5.41, 5.74) is 6.44. The smallest absolute Gasteiger partial charge is 0.136 e. The quantitative estimate of drug-likeness (QED) is 0.457. The van der Waals surface area contributed by atoms with Gasteiger partial charge in [-0.3, -0.25) is 4.98 Å². The standard InChI is InChI=1S/C26H31N7/c1-18-11-19(2)28-21(12-18)15-24-29-22(13-20-5-8-32-10-7-27-25(32)14-20)16-26(30-24)33-9-6-23(17-33)31(3)4/h5,7-8,10-12,14,16,23H,6,9,13,15,17H2,1-4H3. The van der Waals surface area contributed by atoms with Crippen LogP contribution in [0.15, 0.2) is 48.9 Å². The van der Waals surface area contributed by atoms with E-state index in [9.17, 15) is 0 Å². The molecule has 1 saturated heterocycles. The predicted molar refractivity (Wildman–Crippen MR) is 131 cm³/mol. The second kappa shape index (κ2) is 8.90. The summed E-state index contributed by atoms with van der Waals surface area (Å²) >= 11 is 0. The van der Waals surface area contributed by atoms with Gasteiger partial charge in [0.2, 0.25) is 0 Å². The highest BCUT2D eigenvalue weighted by atomic mass is 15.3. The first-order chi connectivity index (χ1) is 15.9. The number of pyridine rings is 2. The molecule has 1 aliphatic rings. The monoisotopic (exact) mass is 441 g/mol. The van der Waals surface area contributed by atoms with E-state index in [0.29, 0.717) is 12.5 Å². The highest BCUT2D eigenvalue weighted by Gasteiger charge is 2.25. The summed E-state index contributed by atoms with van der Waals surface area (Å²) < 4.78 is 2.03. The molecule has 4 aromatic heterocycles. The number of anilines is 1. The topological polar surface area (TPSA) is 62.5 Å². The van der Waals surface area contributed by atoms with Gasteiger partial charge in [-0.1, -0.05) is 0 Å². The van der Waals surface area contributed by atoms with Crippen molar-refractivity contribution < 1.29 is 0 Å². The summed E-state index contributed by atoms with van der Waals surface area (Å²) in [6.07, 6.45) is 8.38. The molecule has 0 aliphatic carbocycles. The van der Waals surface area contributed by atoms with Gasteiger partial charge in [-0.05, 0) is 69.8 Å². The van der Waals surface area contributed by atoms with E-state index >= 15 is 0 Å². The van der Waals surface area contributed by atoms with Crippen LogP contribution < -0.4 is 4.90 Å². The zero-order valence-corrected chi connectivity index (χ0v) is 19.9. The summed E-state index contributed by atoms with van der Waals surface area (Å²) in [5, 5.41) is 0. The van der Waals surface area contributed by atoms with Gasteiger partial charge in [-0.15, -0.1) is 0 Å². The maximum atomic E-state index is 4.99. The van der Waals surface area contributed by atoms with Crippen LogP contribution in [0.25, 0.3) is 5.65 Å². The first kappa shape index (κ1) is 21.5. The van der Waals surface area contributed by atoms with E-state index in [1.165, 1.54) is 11.1 Å². The minimum atomic E-state index is 0.552. The maximum absolute atomic E-state index is 4.99. The third-order valence-electron chi connectivity index (χ3n) is 6.37. The van der Waals surface area contributed by atoms with Gasteiger partial charge in [-0.25, -0.2) is 15.0 Å². The van der Waals surface area contributed by atoms with E-state index in [-0.39, 0.29) is 0 Å². The van der Waals surface area contributed by atoms with Crippen LogP contribution in [0, 0.1) is 13.8 Å². The van der Waals surface area contributed by atoms with Gasteiger partial charge in [0.05, 0.1) is 12.1 Å². The lowest BCUT2D eigenvalue weighted by atomic mass is 10.1. The van der Waals surface area contributed by atoms with Gasteiger partial charge < -0.3 is 14.2 Å². The molecule has 0 saturated carbocycles. The summed E-state index contributed by atoms with van der Waals surface area (Å²) in [5.74, 6) is 1.85. The number of nitrogens with zero attached hydrogens (tertiary/aromatic N) is 7. The normalized spacial score (nSPS) is 16.3. The first-order valence-corrected chi connectivity index (χ1v) is 11.6. The fourth-order valence-electron chi connectivity index (χ4n) is 4.69. The van der Waals surface area contributed by atoms with Gasteiger partial charge in [-0.2, -0.15) is 0 Å². The Balaban J connectivity index is 1.47.